The number of ether oxygens (including phenoxy) is 2. The summed E-state index contributed by atoms with van der Waals surface area (Å²) < 4.78 is 29.4. The molecule has 0 fully saturated rings. The van der Waals surface area contributed by atoms with Crippen LogP contribution in [0.3, 0.4) is 0 Å². The third kappa shape index (κ3) is 6.10. The van der Waals surface area contributed by atoms with Crippen LogP contribution >= 0.6 is 0 Å². The van der Waals surface area contributed by atoms with Gasteiger partial charge in [-0.25, -0.2) is 4.39 Å². The van der Waals surface area contributed by atoms with Gasteiger partial charge in [-0.05, 0) is 55.0 Å². The molecule has 0 aliphatic heterocycles. The molecule has 1 heterocycles. The van der Waals surface area contributed by atoms with Crippen LogP contribution in [0.5, 0.6) is 11.5 Å². The predicted octanol–water partition coefficient (Wildman–Crippen LogP) is 4.50. The van der Waals surface area contributed by atoms with E-state index >= 15 is 0 Å². The van der Waals surface area contributed by atoms with Crippen LogP contribution in [0.4, 0.5) is 10.1 Å². The zero-order valence-electron chi connectivity index (χ0n) is 18.0. The van der Waals surface area contributed by atoms with Crippen molar-refractivity contribution in [2.24, 2.45) is 0 Å². The van der Waals surface area contributed by atoms with E-state index in [0.717, 1.165) is 0 Å². The van der Waals surface area contributed by atoms with Crippen LogP contribution in [0.15, 0.2) is 65.1 Å². The highest BCUT2D eigenvalue weighted by Gasteiger charge is 2.22. The van der Waals surface area contributed by atoms with Crippen LogP contribution < -0.4 is 14.8 Å². The zero-order valence-corrected chi connectivity index (χ0v) is 18.0. The number of carbonyl (C=O) groups excluding carboxylic acids is 2. The van der Waals surface area contributed by atoms with Crippen LogP contribution in [0.25, 0.3) is 0 Å². The molecule has 1 N–H and O–H groups in total. The summed E-state index contributed by atoms with van der Waals surface area (Å²) in [6.45, 7) is 2.26. The number of rotatable bonds is 10. The maximum atomic E-state index is 13.0. The summed E-state index contributed by atoms with van der Waals surface area (Å²) in [5.74, 6) is 0.475. The molecule has 2 amide bonds. The number of nitrogens with zero attached hydrogens (tertiary/aromatic N) is 1. The fraction of sp³-hybridized carbons (Fsp3) is 0.250. The van der Waals surface area contributed by atoms with E-state index in [9.17, 15) is 14.0 Å². The zero-order chi connectivity index (χ0) is 22.9. The highest BCUT2D eigenvalue weighted by molar-refractivity contribution is 5.98. The highest BCUT2D eigenvalue weighted by Crippen LogP contribution is 2.23. The first-order valence-electron chi connectivity index (χ1n) is 10.2. The van der Waals surface area contributed by atoms with Crippen LogP contribution in [0, 0.1) is 5.82 Å². The van der Waals surface area contributed by atoms with Crippen molar-refractivity contribution in [1.82, 2.24) is 4.90 Å². The van der Waals surface area contributed by atoms with Crippen molar-refractivity contribution in [3.05, 3.63) is 78.0 Å². The number of hydrogen-bond acceptors (Lipinski definition) is 5. The molecule has 0 aliphatic rings. The fourth-order valence-corrected chi connectivity index (χ4v) is 3.04. The number of halogens is 1. The molecule has 0 unspecified atom stereocenters. The van der Waals surface area contributed by atoms with Crippen LogP contribution in [0.1, 0.15) is 29.7 Å². The lowest BCUT2D eigenvalue weighted by molar-refractivity contribution is -0.116. The van der Waals surface area contributed by atoms with Gasteiger partial charge in [0, 0.05) is 6.54 Å². The Labute approximate surface area is 185 Å². The van der Waals surface area contributed by atoms with Gasteiger partial charge in [0.15, 0.2) is 5.76 Å². The van der Waals surface area contributed by atoms with Crippen molar-refractivity contribution in [3.63, 3.8) is 0 Å². The van der Waals surface area contributed by atoms with E-state index in [1.54, 1.807) is 36.4 Å². The molecular formula is C24H25FN2O5. The van der Waals surface area contributed by atoms with E-state index < -0.39 is 5.91 Å². The minimum absolute atomic E-state index is 0.0843. The maximum absolute atomic E-state index is 13.0. The smallest absolute Gasteiger partial charge is 0.290 e. The Morgan fingerprint density at radius 3 is 2.53 bits per heavy atom. The third-order valence-corrected chi connectivity index (χ3v) is 4.56. The number of para-hydroxylation sites is 2. The van der Waals surface area contributed by atoms with Crippen molar-refractivity contribution in [2.75, 3.05) is 25.5 Å². The second-order valence-corrected chi connectivity index (χ2v) is 6.98. The Bertz CT molecular complexity index is 1050. The molecule has 1 aromatic heterocycles. The van der Waals surface area contributed by atoms with Gasteiger partial charge in [-0.15, -0.1) is 0 Å². The molecule has 0 saturated carbocycles. The third-order valence-electron chi connectivity index (χ3n) is 4.56. The van der Waals surface area contributed by atoms with Gasteiger partial charge in [0.2, 0.25) is 5.91 Å². The molecule has 2 aromatic carbocycles. The summed E-state index contributed by atoms with van der Waals surface area (Å²) in [6, 6.07) is 15.8. The number of furan rings is 1. The van der Waals surface area contributed by atoms with Crippen molar-refractivity contribution in [1.29, 1.82) is 0 Å². The van der Waals surface area contributed by atoms with Gasteiger partial charge in [-0.1, -0.05) is 19.1 Å². The molecule has 0 atom stereocenters. The number of methoxy groups -OCH3 is 1. The summed E-state index contributed by atoms with van der Waals surface area (Å²) in [5.41, 5.74) is 0.530. The van der Waals surface area contributed by atoms with Gasteiger partial charge >= 0.3 is 0 Å². The average molecular weight is 440 g/mol. The first-order chi connectivity index (χ1) is 15.5. The molecule has 7 nitrogen and oxygen atoms in total. The standard InChI is InChI=1S/C24H25FN2O5/c1-3-14-27(15-23(28)26-20-6-4-5-7-21(20)30-2)24(29)22-13-12-19(32-22)16-31-18-10-8-17(25)9-11-18/h4-13H,3,14-16H2,1-2H3,(H,26,28). The van der Waals surface area contributed by atoms with E-state index in [4.69, 9.17) is 13.9 Å². The minimum Gasteiger partial charge on any atom is -0.495 e. The highest BCUT2D eigenvalue weighted by atomic mass is 19.1. The molecule has 3 aromatic rings. The van der Waals surface area contributed by atoms with E-state index in [-0.39, 0.29) is 30.6 Å². The number of benzene rings is 2. The fourth-order valence-electron chi connectivity index (χ4n) is 3.04. The summed E-state index contributed by atoms with van der Waals surface area (Å²) in [4.78, 5) is 26.9. The number of nitrogens with one attached hydrogen (secondary N) is 1. The molecule has 0 bridgehead atoms. The monoisotopic (exact) mass is 440 g/mol. The Kier molecular flexibility index (Phi) is 7.85. The van der Waals surface area contributed by atoms with Crippen molar-refractivity contribution in [2.45, 2.75) is 20.0 Å². The summed E-state index contributed by atoms with van der Waals surface area (Å²) in [5, 5.41) is 2.77. The minimum atomic E-state index is -0.393. The van der Waals surface area contributed by atoms with Crippen LogP contribution in [-0.2, 0) is 11.4 Å². The van der Waals surface area contributed by atoms with Crippen molar-refractivity contribution in [3.8, 4) is 11.5 Å². The van der Waals surface area contributed by atoms with E-state index in [1.807, 2.05) is 6.92 Å². The quantitative estimate of drug-likeness (QED) is 0.502. The number of carbonyl (C=O) groups is 2. The molecule has 3 rings (SSSR count). The lowest BCUT2D eigenvalue weighted by atomic mass is 10.3. The molecule has 0 spiro atoms. The predicted molar refractivity (Wildman–Crippen MR) is 117 cm³/mol. The van der Waals surface area contributed by atoms with Gasteiger partial charge in [-0.3, -0.25) is 9.59 Å². The average Bonchev–Trinajstić information content (AvgIpc) is 3.27. The van der Waals surface area contributed by atoms with Gasteiger partial charge in [-0.2, -0.15) is 0 Å². The Hall–Kier alpha value is -3.81. The lowest BCUT2D eigenvalue weighted by Crippen LogP contribution is -2.38. The van der Waals surface area contributed by atoms with Gasteiger partial charge in [0.25, 0.3) is 5.91 Å². The molecule has 32 heavy (non-hydrogen) atoms. The second-order valence-electron chi connectivity index (χ2n) is 6.98. The SMILES string of the molecule is CCCN(CC(=O)Nc1ccccc1OC)C(=O)c1ccc(COc2ccc(F)cc2)o1. The van der Waals surface area contributed by atoms with Crippen LogP contribution in [0.2, 0.25) is 0 Å². The Morgan fingerprint density at radius 2 is 1.81 bits per heavy atom. The molecule has 168 valence electrons. The Morgan fingerprint density at radius 1 is 1.06 bits per heavy atom. The molecule has 8 heteroatoms. The Balaban J connectivity index is 1.61. The van der Waals surface area contributed by atoms with Gasteiger partial charge in [0.1, 0.15) is 36.2 Å². The van der Waals surface area contributed by atoms with Crippen molar-refractivity contribution < 1.29 is 27.9 Å². The molecule has 0 aliphatic carbocycles. The number of anilines is 1. The molecule has 0 saturated heterocycles. The number of amides is 2. The van der Waals surface area contributed by atoms with Crippen LogP contribution in [-0.4, -0.2) is 36.9 Å². The van der Waals surface area contributed by atoms with Gasteiger partial charge < -0.3 is 24.1 Å². The van der Waals surface area contributed by atoms with E-state index in [0.29, 0.717) is 35.9 Å². The maximum Gasteiger partial charge on any atom is 0.290 e. The summed E-state index contributed by atoms with van der Waals surface area (Å²) >= 11 is 0. The first kappa shape index (κ1) is 22.9. The molecular weight excluding hydrogens is 415 g/mol. The van der Waals surface area contributed by atoms with Crippen molar-refractivity contribution >= 4 is 17.5 Å². The first-order valence-corrected chi connectivity index (χ1v) is 10.2. The van der Waals surface area contributed by atoms with Gasteiger partial charge in [0.05, 0.1) is 12.8 Å². The molecule has 0 radical (unpaired) electrons. The normalized spacial score (nSPS) is 10.5. The topological polar surface area (TPSA) is 81.0 Å². The summed E-state index contributed by atoms with van der Waals surface area (Å²) in [6.07, 6.45) is 0.676. The summed E-state index contributed by atoms with van der Waals surface area (Å²) in [7, 11) is 1.52. The second kappa shape index (κ2) is 11.0. The largest absolute Gasteiger partial charge is 0.495 e. The lowest BCUT2D eigenvalue weighted by Gasteiger charge is -2.20. The number of hydrogen-bond donors (Lipinski definition) is 1. The van der Waals surface area contributed by atoms with E-state index in [1.165, 1.54) is 36.3 Å². The van der Waals surface area contributed by atoms with E-state index in [2.05, 4.69) is 5.32 Å².